The molecule has 4 nitrogen and oxygen atoms in total. The minimum atomic E-state index is 0.367. The number of benzene rings is 1. The number of fused-ring (bicyclic) bond motifs is 1. The fourth-order valence-corrected chi connectivity index (χ4v) is 2.81. The van der Waals surface area contributed by atoms with Gasteiger partial charge < -0.3 is 10.2 Å². The number of anilines is 1. The van der Waals surface area contributed by atoms with Gasteiger partial charge in [0.05, 0.1) is 6.20 Å². The lowest BCUT2D eigenvalue weighted by molar-refractivity contribution is 0.295. The lowest BCUT2D eigenvalue weighted by Crippen LogP contribution is -2.25. The molecule has 22 heavy (non-hydrogen) atoms. The Balaban J connectivity index is 1.95. The molecule has 5 heteroatoms. The molecule has 1 aromatic heterocycles. The van der Waals surface area contributed by atoms with Gasteiger partial charge in [0.15, 0.2) is 5.82 Å². The van der Waals surface area contributed by atoms with E-state index in [1.54, 1.807) is 6.20 Å². The van der Waals surface area contributed by atoms with Gasteiger partial charge in [-0.2, -0.15) is 5.10 Å². The second kappa shape index (κ2) is 8.30. The van der Waals surface area contributed by atoms with E-state index in [0.29, 0.717) is 6.04 Å². The zero-order valence-electron chi connectivity index (χ0n) is 13.6. The van der Waals surface area contributed by atoms with Gasteiger partial charge in [-0.25, -0.2) is 0 Å². The minimum Gasteiger partial charge on any atom is -0.366 e. The van der Waals surface area contributed by atoms with Gasteiger partial charge in [0.25, 0.3) is 0 Å². The van der Waals surface area contributed by atoms with E-state index in [2.05, 4.69) is 41.2 Å². The molecule has 120 valence electrons. The Labute approximate surface area is 137 Å². The van der Waals surface area contributed by atoms with Crippen LogP contribution in [0.3, 0.4) is 0 Å². The molecule has 0 radical (unpaired) electrons. The second-order valence-electron chi connectivity index (χ2n) is 5.64. The molecule has 0 saturated carbocycles. The molecular weight excluding hydrogens is 296 g/mol. The molecule has 2 aromatic rings. The Hall–Kier alpha value is -1.39. The van der Waals surface area contributed by atoms with Crippen LogP contribution in [-0.2, 0) is 0 Å². The second-order valence-corrected chi connectivity index (χ2v) is 6.08. The van der Waals surface area contributed by atoms with E-state index in [0.717, 1.165) is 47.7 Å². The average molecular weight is 321 g/mol. The maximum absolute atomic E-state index is 6.03. The van der Waals surface area contributed by atoms with Crippen LogP contribution in [0.5, 0.6) is 0 Å². The third-order valence-corrected chi connectivity index (χ3v) is 4.25. The summed E-state index contributed by atoms with van der Waals surface area (Å²) in [6.45, 7) is 10.0. The van der Waals surface area contributed by atoms with Gasteiger partial charge in [-0.15, -0.1) is 5.10 Å². The first-order chi connectivity index (χ1) is 10.6. The van der Waals surface area contributed by atoms with E-state index in [-0.39, 0.29) is 0 Å². The van der Waals surface area contributed by atoms with Crippen molar-refractivity contribution in [3.63, 3.8) is 0 Å². The predicted octanol–water partition coefficient (Wildman–Crippen LogP) is 4.21. The number of hydrogen-bond donors (Lipinski definition) is 1. The Morgan fingerprint density at radius 3 is 2.77 bits per heavy atom. The first-order valence-corrected chi connectivity index (χ1v) is 8.41. The molecule has 0 spiro atoms. The third-order valence-electron chi connectivity index (χ3n) is 4.01. The van der Waals surface area contributed by atoms with E-state index >= 15 is 0 Å². The van der Waals surface area contributed by atoms with Gasteiger partial charge >= 0.3 is 0 Å². The Kier molecular flexibility index (Phi) is 6.40. The van der Waals surface area contributed by atoms with Crippen molar-refractivity contribution < 1.29 is 0 Å². The summed E-state index contributed by atoms with van der Waals surface area (Å²) in [6.07, 6.45) is 4.04. The number of rotatable bonds is 8. The Morgan fingerprint density at radius 2 is 2.05 bits per heavy atom. The maximum atomic E-state index is 6.03. The highest BCUT2D eigenvalue weighted by molar-refractivity contribution is 6.31. The normalized spacial score (nSPS) is 12.8. The van der Waals surface area contributed by atoms with Gasteiger partial charge in [0.2, 0.25) is 0 Å². The molecule has 2 rings (SSSR count). The first kappa shape index (κ1) is 17.0. The maximum Gasteiger partial charge on any atom is 0.156 e. The monoisotopic (exact) mass is 320 g/mol. The van der Waals surface area contributed by atoms with Crippen molar-refractivity contribution in [1.29, 1.82) is 0 Å². The van der Waals surface area contributed by atoms with Crippen molar-refractivity contribution in [3.8, 4) is 0 Å². The van der Waals surface area contributed by atoms with Gasteiger partial charge in [-0.05, 0) is 57.6 Å². The van der Waals surface area contributed by atoms with E-state index in [9.17, 15) is 0 Å². The fraction of sp³-hybridized carbons (Fsp3) is 0.529. The number of nitrogens with one attached hydrogen (secondary N) is 1. The first-order valence-electron chi connectivity index (χ1n) is 8.03. The molecule has 1 unspecified atom stereocenters. The Morgan fingerprint density at radius 1 is 1.27 bits per heavy atom. The molecule has 0 fully saturated rings. The summed E-state index contributed by atoms with van der Waals surface area (Å²) in [5.41, 5.74) is 0. The summed E-state index contributed by atoms with van der Waals surface area (Å²) in [7, 11) is 0. The number of nitrogens with zero attached hydrogens (tertiary/aromatic N) is 3. The number of aromatic nitrogens is 2. The Bertz CT molecular complexity index is 598. The van der Waals surface area contributed by atoms with Crippen molar-refractivity contribution in [1.82, 2.24) is 15.1 Å². The molecule has 0 aliphatic carbocycles. The average Bonchev–Trinajstić information content (AvgIpc) is 2.51. The van der Waals surface area contributed by atoms with Crippen LogP contribution in [0.1, 0.15) is 33.6 Å². The van der Waals surface area contributed by atoms with Crippen molar-refractivity contribution in [2.24, 2.45) is 0 Å². The third kappa shape index (κ3) is 4.55. The predicted molar refractivity (Wildman–Crippen MR) is 94.7 cm³/mol. The number of halogens is 1. The summed E-state index contributed by atoms with van der Waals surface area (Å²) < 4.78 is 0. The van der Waals surface area contributed by atoms with Crippen molar-refractivity contribution in [2.45, 2.75) is 39.7 Å². The molecule has 1 atom stereocenters. The molecule has 1 aromatic carbocycles. The minimum absolute atomic E-state index is 0.367. The molecule has 1 N–H and O–H groups in total. The highest BCUT2D eigenvalue weighted by atomic mass is 35.5. The largest absolute Gasteiger partial charge is 0.366 e. The zero-order chi connectivity index (χ0) is 15.9. The standard InChI is InChI=1S/C17H25ClN4/c1-4-22(5-2)10-6-7-13(3)20-17-16-9-8-15(18)11-14(16)12-19-21-17/h8-9,11-13H,4-7,10H2,1-3H3,(H,20,21). The molecular formula is C17H25ClN4. The quantitative estimate of drug-likeness (QED) is 0.791. The van der Waals surface area contributed by atoms with E-state index in [1.807, 2.05) is 18.2 Å². The molecule has 0 aliphatic rings. The van der Waals surface area contributed by atoms with Gasteiger partial charge in [0, 0.05) is 21.8 Å². The lowest BCUT2D eigenvalue weighted by atomic mass is 10.1. The lowest BCUT2D eigenvalue weighted by Gasteiger charge is -2.20. The van der Waals surface area contributed by atoms with Crippen LogP contribution in [0.2, 0.25) is 5.02 Å². The van der Waals surface area contributed by atoms with Crippen molar-refractivity contribution in [2.75, 3.05) is 25.0 Å². The summed E-state index contributed by atoms with van der Waals surface area (Å²) in [4.78, 5) is 2.45. The molecule has 0 aliphatic heterocycles. The van der Waals surface area contributed by atoms with Crippen molar-refractivity contribution in [3.05, 3.63) is 29.4 Å². The van der Waals surface area contributed by atoms with Crippen LogP contribution >= 0.6 is 11.6 Å². The number of hydrogen-bond acceptors (Lipinski definition) is 4. The van der Waals surface area contributed by atoms with E-state index in [4.69, 9.17) is 11.6 Å². The molecule has 1 heterocycles. The van der Waals surface area contributed by atoms with Crippen LogP contribution < -0.4 is 5.32 Å². The molecule has 0 bridgehead atoms. The fourth-order valence-electron chi connectivity index (χ4n) is 2.63. The molecule has 0 saturated heterocycles. The summed E-state index contributed by atoms with van der Waals surface area (Å²) >= 11 is 6.03. The van der Waals surface area contributed by atoms with Crippen LogP contribution in [0.4, 0.5) is 5.82 Å². The van der Waals surface area contributed by atoms with Crippen LogP contribution in [0.25, 0.3) is 10.8 Å². The highest BCUT2D eigenvalue weighted by Gasteiger charge is 2.08. The zero-order valence-corrected chi connectivity index (χ0v) is 14.4. The van der Waals surface area contributed by atoms with Crippen LogP contribution in [-0.4, -0.2) is 40.8 Å². The van der Waals surface area contributed by atoms with E-state index in [1.165, 1.54) is 6.42 Å². The van der Waals surface area contributed by atoms with Gasteiger partial charge in [-0.3, -0.25) is 0 Å². The van der Waals surface area contributed by atoms with Gasteiger partial charge in [-0.1, -0.05) is 25.4 Å². The smallest absolute Gasteiger partial charge is 0.156 e. The van der Waals surface area contributed by atoms with Gasteiger partial charge in [0.1, 0.15) is 0 Å². The highest BCUT2D eigenvalue weighted by Crippen LogP contribution is 2.24. The SMILES string of the molecule is CCN(CC)CCCC(C)Nc1nncc2cc(Cl)ccc12. The summed E-state index contributed by atoms with van der Waals surface area (Å²) in [6, 6.07) is 6.17. The van der Waals surface area contributed by atoms with Crippen LogP contribution in [0.15, 0.2) is 24.4 Å². The topological polar surface area (TPSA) is 41.0 Å². The van der Waals surface area contributed by atoms with Crippen LogP contribution in [0, 0.1) is 0 Å². The van der Waals surface area contributed by atoms with Crippen molar-refractivity contribution >= 4 is 28.2 Å². The summed E-state index contributed by atoms with van der Waals surface area (Å²) in [5.74, 6) is 0.838. The van der Waals surface area contributed by atoms with E-state index < -0.39 is 0 Å². The molecule has 0 amide bonds. The summed E-state index contributed by atoms with van der Waals surface area (Å²) in [5, 5.41) is 14.6.